The Morgan fingerprint density at radius 2 is 1.77 bits per heavy atom. The van der Waals surface area contributed by atoms with Gasteiger partial charge in [0.1, 0.15) is 6.04 Å². The van der Waals surface area contributed by atoms with Crippen molar-refractivity contribution in [3.63, 3.8) is 0 Å². The van der Waals surface area contributed by atoms with Crippen LogP contribution in [0.15, 0.2) is 0 Å². The van der Waals surface area contributed by atoms with Gasteiger partial charge in [-0.25, -0.2) is 10.8 Å². The second-order valence-electron chi connectivity index (χ2n) is 2.00. The zero-order valence-electron chi connectivity index (χ0n) is 6.78. The Hall–Kier alpha value is -1.72. The van der Waals surface area contributed by atoms with E-state index in [2.05, 4.69) is 0 Å². The summed E-state index contributed by atoms with van der Waals surface area (Å²) in [6.45, 7) is 0. The van der Waals surface area contributed by atoms with Gasteiger partial charge in [0, 0.05) is 6.42 Å². The van der Waals surface area contributed by atoms with Gasteiger partial charge in [-0.15, -0.1) is 0 Å². The molecule has 0 aliphatic heterocycles. The first-order chi connectivity index (χ1) is 5.95. The van der Waals surface area contributed by atoms with E-state index in [0.717, 1.165) is 0 Å². The number of carboxylic acids is 2. The van der Waals surface area contributed by atoms with E-state index in [9.17, 15) is 9.59 Å². The molecule has 0 unspecified atom stereocenters. The average molecular weight is 189 g/mol. The van der Waals surface area contributed by atoms with Crippen LogP contribution in [-0.2, 0) is 9.59 Å². The van der Waals surface area contributed by atoms with Crippen molar-refractivity contribution in [2.24, 2.45) is 5.73 Å². The molecule has 7 heteroatoms. The molecular weight excluding hydrogens is 178 g/mol. The van der Waals surface area contributed by atoms with Crippen molar-refractivity contribution in [3.05, 3.63) is 0 Å². The Labute approximate surface area is 74.2 Å². The van der Waals surface area contributed by atoms with Crippen LogP contribution in [0.3, 0.4) is 0 Å². The summed E-state index contributed by atoms with van der Waals surface area (Å²) in [6.07, 6.45) is -0.224. The Morgan fingerprint density at radius 3 is 2.00 bits per heavy atom. The fourth-order valence-corrected chi connectivity index (χ4v) is 0.402. The molecule has 0 aromatic carbocycles. The van der Waals surface area contributed by atoms with Crippen LogP contribution in [-0.4, -0.2) is 34.2 Å². The molecule has 0 amide bonds. The molecule has 0 spiro atoms. The van der Waals surface area contributed by atoms with Gasteiger partial charge in [0.25, 0.3) is 0 Å². The molecule has 0 heterocycles. The van der Waals surface area contributed by atoms with Crippen molar-refractivity contribution in [2.45, 2.75) is 18.9 Å². The largest absolute Gasteiger partial charge is 0.481 e. The maximum absolute atomic E-state index is 9.99. The second-order valence-corrected chi connectivity index (χ2v) is 2.00. The highest BCUT2D eigenvalue weighted by Gasteiger charge is 2.12. The van der Waals surface area contributed by atoms with Gasteiger partial charge in [0.2, 0.25) is 0 Å². The molecule has 6 N–H and O–H groups in total. The van der Waals surface area contributed by atoms with E-state index in [0.29, 0.717) is 0 Å². The fraction of sp³-hybridized carbons (Fsp3) is 0.500. The minimum absolute atomic E-state index is 0.0231. The van der Waals surface area contributed by atoms with Crippen LogP contribution in [0.2, 0.25) is 0 Å². The zero-order chi connectivity index (χ0) is 10.9. The van der Waals surface area contributed by atoms with Crippen LogP contribution in [0.4, 0.5) is 0 Å². The Bertz CT molecular complexity index is 210. The summed E-state index contributed by atoms with van der Waals surface area (Å²) in [6, 6.07) is 0.191. The van der Waals surface area contributed by atoms with Crippen molar-refractivity contribution < 1.29 is 19.8 Å². The lowest BCUT2D eigenvalue weighted by molar-refractivity contribution is -0.139. The zero-order valence-corrected chi connectivity index (χ0v) is 6.78. The predicted molar refractivity (Wildman–Crippen MR) is 42.9 cm³/mol. The first kappa shape index (κ1) is 13.8. The molecule has 0 aliphatic carbocycles. The van der Waals surface area contributed by atoms with Gasteiger partial charge in [-0.05, 0) is 6.42 Å². The molecule has 0 fully saturated rings. The van der Waals surface area contributed by atoms with Crippen LogP contribution in [0.5, 0.6) is 0 Å². The van der Waals surface area contributed by atoms with Crippen molar-refractivity contribution >= 4 is 17.9 Å². The summed E-state index contributed by atoms with van der Waals surface area (Å²) in [5, 5.41) is 27.5. The number of carbonyl (C=O) groups is 2. The van der Waals surface area contributed by atoms with Crippen LogP contribution in [0.1, 0.15) is 12.8 Å². The van der Waals surface area contributed by atoms with Crippen LogP contribution < -0.4 is 5.73 Å². The van der Waals surface area contributed by atoms with E-state index in [-0.39, 0.29) is 12.8 Å². The number of hydrogen-bond donors (Lipinski definition) is 5. The third-order valence-corrected chi connectivity index (χ3v) is 0.986. The number of hydrogen-bond acceptors (Lipinski definition) is 5. The van der Waals surface area contributed by atoms with Gasteiger partial charge in [-0.3, -0.25) is 9.59 Å². The quantitative estimate of drug-likeness (QED) is 0.381. The van der Waals surface area contributed by atoms with Crippen molar-refractivity contribution in [3.8, 4) is 0 Å². The summed E-state index contributed by atoms with van der Waals surface area (Å²) >= 11 is 0. The second kappa shape index (κ2) is 8.38. The maximum Gasteiger partial charge on any atom is 0.320 e. The van der Waals surface area contributed by atoms with Crippen LogP contribution in [0, 0.1) is 10.8 Å². The number of nitrogens with two attached hydrogens (primary N) is 1. The van der Waals surface area contributed by atoms with Gasteiger partial charge in [0.05, 0.1) is 6.01 Å². The number of nitrogens with one attached hydrogen (secondary N) is 2. The molecule has 74 valence electrons. The fourth-order valence-electron chi connectivity index (χ4n) is 0.402. The number of aliphatic carboxylic acids is 2. The molecule has 0 rings (SSSR count). The van der Waals surface area contributed by atoms with Gasteiger partial charge in [-0.2, -0.15) is 0 Å². The molecular formula is C6H11N3O4. The Morgan fingerprint density at radius 1 is 1.38 bits per heavy atom. The van der Waals surface area contributed by atoms with Crippen molar-refractivity contribution in [1.82, 2.24) is 0 Å². The monoisotopic (exact) mass is 189 g/mol. The molecule has 0 radical (unpaired) electrons. The molecule has 0 aromatic heterocycles. The Balaban J connectivity index is 0. The molecule has 0 saturated carbocycles. The number of carboxylic acid groups (broad SMARTS) is 2. The highest BCUT2D eigenvalue weighted by molar-refractivity contribution is 5.74. The number of rotatable bonds is 4. The summed E-state index contributed by atoms with van der Waals surface area (Å²) in [5.41, 5.74) is 5.00. The highest BCUT2D eigenvalue weighted by atomic mass is 16.4. The summed E-state index contributed by atoms with van der Waals surface area (Å²) in [5.74, 6) is -2.20. The molecule has 0 saturated heterocycles. The predicted octanol–water partition coefficient (Wildman–Crippen LogP) is -0.419. The summed E-state index contributed by atoms with van der Waals surface area (Å²) < 4.78 is 0. The average Bonchev–Trinajstić information content (AvgIpc) is 2.01. The van der Waals surface area contributed by atoms with Gasteiger partial charge in [0.15, 0.2) is 0 Å². The van der Waals surface area contributed by atoms with E-state index in [4.69, 9.17) is 26.8 Å². The lowest BCUT2D eigenvalue weighted by Crippen LogP contribution is -2.30. The SMILES string of the molecule is N=C=N.N[C@@H](CCC(=O)O)C(=O)O. The lowest BCUT2D eigenvalue weighted by Gasteiger charge is -2.01. The third-order valence-electron chi connectivity index (χ3n) is 0.986. The van der Waals surface area contributed by atoms with Crippen LogP contribution >= 0.6 is 0 Å². The molecule has 7 nitrogen and oxygen atoms in total. The third kappa shape index (κ3) is 13.3. The van der Waals surface area contributed by atoms with E-state index < -0.39 is 18.0 Å². The normalized spacial score (nSPS) is 10.2. The summed E-state index contributed by atoms with van der Waals surface area (Å²) in [4.78, 5) is 19.9. The van der Waals surface area contributed by atoms with Gasteiger partial charge in [-0.1, -0.05) is 0 Å². The van der Waals surface area contributed by atoms with E-state index in [1.165, 1.54) is 6.01 Å². The van der Waals surface area contributed by atoms with Crippen molar-refractivity contribution in [2.75, 3.05) is 0 Å². The molecule has 0 aliphatic rings. The molecule has 13 heavy (non-hydrogen) atoms. The first-order valence-corrected chi connectivity index (χ1v) is 3.24. The standard InChI is InChI=1S/C5H9NO4.CH2N2/c6-3(5(9)10)1-2-4(7)8;2-1-3/h3H,1-2,6H2,(H,7,8)(H,9,10);2-3H/t3-;/m0./s1. The van der Waals surface area contributed by atoms with Gasteiger partial charge < -0.3 is 15.9 Å². The highest BCUT2D eigenvalue weighted by Crippen LogP contribution is 1.93. The van der Waals surface area contributed by atoms with Crippen LogP contribution in [0.25, 0.3) is 0 Å². The van der Waals surface area contributed by atoms with E-state index >= 15 is 0 Å². The van der Waals surface area contributed by atoms with E-state index in [1.807, 2.05) is 0 Å². The minimum atomic E-state index is -1.17. The summed E-state index contributed by atoms with van der Waals surface area (Å²) in [7, 11) is 0. The molecule has 0 bridgehead atoms. The minimum Gasteiger partial charge on any atom is -0.481 e. The van der Waals surface area contributed by atoms with Gasteiger partial charge >= 0.3 is 11.9 Å². The Kier molecular flexibility index (Phi) is 8.92. The van der Waals surface area contributed by atoms with E-state index in [1.54, 1.807) is 0 Å². The topological polar surface area (TPSA) is 148 Å². The lowest BCUT2D eigenvalue weighted by atomic mass is 10.2. The maximum atomic E-state index is 9.99. The smallest absolute Gasteiger partial charge is 0.320 e. The molecule has 0 aromatic rings. The van der Waals surface area contributed by atoms with Crippen molar-refractivity contribution in [1.29, 1.82) is 10.8 Å². The first-order valence-electron chi connectivity index (χ1n) is 3.24. The molecule has 1 atom stereocenters.